The Hall–Kier alpha value is -4.49. The average molecular weight is 547 g/mol. The minimum absolute atomic E-state index is 0.0511. The number of fused-ring (bicyclic) bond motifs is 1. The fraction of sp³-hybridized carbons (Fsp3) is 0.360. The molecule has 2 aliphatic heterocycles. The highest BCUT2D eigenvalue weighted by Crippen LogP contribution is 2.42. The van der Waals surface area contributed by atoms with Gasteiger partial charge < -0.3 is 24.6 Å². The zero-order valence-corrected chi connectivity index (χ0v) is 21.1. The number of anilines is 3. The summed E-state index contributed by atoms with van der Waals surface area (Å²) >= 11 is 0. The molecule has 0 radical (unpaired) electrons. The molecule has 3 heterocycles. The van der Waals surface area contributed by atoms with E-state index in [9.17, 15) is 27.9 Å². The van der Waals surface area contributed by atoms with Crippen molar-refractivity contribution in [3.8, 4) is 11.5 Å². The van der Waals surface area contributed by atoms with Gasteiger partial charge in [-0.15, -0.1) is 0 Å². The molecule has 2 aromatic carbocycles. The predicted molar refractivity (Wildman–Crippen MR) is 132 cm³/mol. The number of ether oxygens (including phenoxy) is 3. The van der Waals surface area contributed by atoms with Gasteiger partial charge in [0.15, 0.2) is 22.9 Å². The Labute approximate surface area is 220 Å². The minimum atomic E-state index is -3.21. The van der Waals surface area contributed by atoms with Crippen molar-refractivity contribution in [1.29, 1.82) is 0 Å². The third-order valence-electron chi connectivity index (χ3n) is 6.03. The van der Waals surface area contributed by atoms with Crippen molar-refractivity contribution >= 4 is 40.3 Å². The number of nitrogens with one attached hydrogen (secondary N) is 1. The third kappa shape index (κ3) is 5.13. The van der Waals surface area contributed by atoms with Crippen molar-refractivity contribution in [2.45, 2.75) is 38.6 Å². The van der Waals surface area contributed by atoms with Crippen LogP contribution in [0.5, 0.6) is 11.5 Å². The van der Waals surface area contributed by atoms with Crippen LogP contribution >= 0.6 is 0 Å². The van der Waals surface area contributed by atoms with Gasteiger partial charge >= 0.3 is 18.8 Å². The number of carbonyl (C=O) groups excluding carboxylic acids is 2. The lowest BCUT2D eigenvalue weighted by Crippen LogP contribution is -2.66. The largest absolute Gasteiger partial charge is 0.505 e. The minimum Gasteiger partial charge on any atom is -0.505 e. The monoisotopic (exact) mass is 547 g/mol. The molecular formula is C25H24F3N5O6. The van der Waals surface area contributed by atoms with Crippen LogP contribution < -0.4 is 15.0 Å². The lowest BCUT2D eigenvalue weighted by atomic mass is 9.94. The van der Waals surface area contributed by atoms with Crippen molar-refractivity contribution in [2.75, 3.05) is 29.9 Å². The number of amides is 2. The molecule has 5 rings (SSSR count). The van der Waals surface area contributed by atoms with Gasteiger partial charge in [-0.1, -0.05) is 6.07 Å². The van der Waals surface area contributed by atoms with E-state index in [0.29, 0.717) is 0 Å². The molecule has 0 bridgehead atoms. The molecule has 39 heavy (non-hydrogen) atoms. The van der Waals surface area contributed by atoms with Gasteiger partial charge in [-0.05, 0) is 39.0 Å². The first-order valence-electron chi connectivity index (χ1n) is 11.8. The van der Waals surface area contributed by atoms with Crippen LogP contribution in [0.25, 0.3) is 10.9 Å². The smallest absolute Gasteiger partial charge is 0.415 e. The second-order valence-electron chi connectivity index (χ2n) is 10.2. The summed E-state index contributed by atoms with van der Waals surface area (Å²) in [5, 5.41) is 12.7. The molecule has 0 saturated carbocycles. The van der Waals surface area contributed by atoms with Crippen LogP contribution in [0.3, 0.4) is 0 Å². The van der Waals surface area contributed by atoms with E-state index in [2.05, 4.69) is 15.3 Å². The molecule has 11 nitrogen and oxygen atoms in total. The molecular weight excluding hydrogens is 523 g/mol. The molecule has 206 valence electrons. The zero-order valence-electron chi connectivity index (χ0n) is 21.1. The van der Waals surface area contributed by atoms with Crippen LogP contribution in [-0.2, 0) is 9.47 Å². The summed E-state index contributed by atoms with van der Waals surface area (Å²) in [7, 11) is 0. The first kappa shape index (κ1) is 26.1. The highest BCUT2D eigenvalue weighted by atomic mass is 19.3. The number of carbonyl (C=O) groups is 2. The van der Waals surface area contributed by atoms with Crippen molar-refractivity contribution in [2.24, 2.45) is 0 Å². The molecule has 1 aromatic heterocycles. The van der Waals surface area contributed by atoms with Gasteiger partial charge in [-0.3, -0.25) is 9.80 Å². The van der Waals surface area contributed by atoms with Crippen LogP contribution in [-0.4, -0.2) is 69.6 Å². The van der Waals surface area contributed by atoms with Crippen molar-refractivity contribution in [3.63, 3.8) is 0 Å². The highest BCUT2D eigenvalue weighted by Gasteiger charge is 2.56. The highest BCUT2D eigenvalue weighted by molar-refractivity contribution is 6.00. The molecule has 2 amide bonds. The summed E-state index contributed by atoms with van der Waals surface area (Å²) in [5.74, 6) is -1.77. The Morgan fingerprint density at radius 1 is 1.21 bits per heavy atom. The van der Waals surface area contributed by atoms with Gasteiger partial charge in [-0.2, -0.15) is 8.78 Å². The van der Waals surface area contributed by atoms with Gasteiger partial charge in [0.25, 0.3) is 0 Å². The van der Waals surface area contributed by atoms with Crippen LogP contribution in [0.4, 0.5) is 40.0 Å². The summed E-state index contributed by atoms with van der Waals surface area (Å²) in [5.41, 5.74) is -1.77. The van der Waals surface area contributed by atoms with Gasteiger partial charge in [0.1, 0.15) is 17.7 Å². The summed E-state index contributed by atoms with van der Waals surface area (Å²) in [6, 6.07) is 6.51. The summed E-state index contributed by atoms with van der Waals surface area (Å²) in [6.07, 6.45) is -0.263. The molecule has 0 aliphatic carbocycles. The molecule has 0 atom stereocenters. The maximum absolute atomic E-state index is 14.4. The first-order chi connectivity index (χ1) is 18.3. The average Bonchev–Trinajstić information content (AvgIpc) is 3.17. The zero-order chi connectivity index (χ0) is 28.1. The summed E-state index contributed by atoms with van der Waals surface area (Å²) in [4.78, 5) is 36.0. The second-order valence-corrected chi connectivity index (χ2v) is 10.2. The van der Waals surface area contributed by atoms with E-state index in [1.54, 1.807) is 20.8 Å². The molecule has 1 spiro atoms. The fourth-order valence-electron chi connectivity index (χ4n) is 4.40. The van der Waals surface area contributed by atoms with Crippen molar-refractivity contribution in [3.05, 3.63) is 42.5 Å². The molecule has 14 heteroatoms. The topological polar surface area (TPSA) is 126 Å². The number of halogens is 3. The number of aromatic hydroxyl groups is 1. The second kappa shape index (κ2) is 9.36. The van der Waals surface area contributed by atoms with Gasteiger partial charge in [0, 0.05) is 11.5 Å². The van der Waals surface area contributed by atoms with Crippen molar-refractivity contribution in [1.82, 2.24) is 14.9 Å². The maximum atomic E-state index is 14.4. The van der Waals surface area contributed by atoms with Crippen LogP contribution in [0.15, 0.2) is 36.7 Å². The van der Waals surface area contributed by atoms with Gasteiger partial charge in [0.2, 0.25) is 0 Å². The molecule has 2 saturated heterocycles. The van der Waals surface area contributed by atoms with Crippen LogP contribution in [0.2, 0.25) is 0 Å². The number of aromatic nitrogens is 2. The number of hydrogen-bond acceptors (Lipinski definition) is 9. The van der Waals surface area contributed by atoms with E-state index in [0.717, 1.165) is 11.2 Å². The standard InChI is InChI=1S/C25H24F3N5O6/c1-24(2,3)38-22(35)32-9-25(10-32)11-33(23(36)39-25)16-7-13-15(8-18(16)37-21(27)28)29-12-30-20(13)31-14-5-4-6-17(34)19(14)26/h4-8,12,21,34H,9-11H2,1-3H3,(H,29,30,31). The summed E-state index contributed by atoms with van der Waals surface area (Å²) in [6.45, 7) is 2.01. The van der Waals surface area contributed by atoms with E-state index >= 15 is 0 Å². The lowest BCUT2D eigenvalue weighted by molar-refractivity contribution is -0.0779. The van der Waals surface area contributed by atoms with E-state index in [4.69, 9.17) is 14.2 Å². The van der Waals surface area contributed by atoms with E-state index < -0.39 is 41.6 Å². The molecule has 2 fully saturated rings. The Morgan fingerprint density at radius 2 is 1.95 bits per heavy atom. The number of benzene rings is 2. The molecule has 0 unspecified atom stereocenters. The SMILES string of the molecule is CC(C)(C)OC(=O)N1CC2(C1)CN(c1cc3c(Nc4cccc(O)c4F)ncnc3cc1OC(F)F)C(=O)O2. The number of phenols is 1. The quantitative estimate of drug-likeness (QED) is 0.465. The number of likely N-dealkylation sites (tertiary alicyclic amines) is 1. The summed E-state index contributed by atoms with van der Waals surface area (Å²) < 4.78 is 56.6. The Bertz CT molecular complexity index is 1460. The first-order valence-corrected chi connectivity index (χ1v) is 11.8. The van der Waals surface area contributed by atoms with Crippen LogP contribution in [0.1, 0.15) is 20.8 Å². The molecule has 3 aromatic rings. The normalized spacial score (nSPS) is 16.4. The lowest BCUT2D eigenvalue weighted by Gasteiger charge is -2.45. The molecule has 2 N–H and O–H groups in total. The van der Waals surface area contributed by atoms with E-state index in [1.807, 2.05) is 0 Å². The molecule has 2 aliphatic rings. The van der Waals surface area contributed by atoms with Gasteiger partial charge in [0.05, 0.1) is 36.5 Å². The maximum Gasteiger partial charge on any atom is 0.415 e. The number of hydrogen-bond donors (Lipinski definition) is 2. The third-order valence-corrected chi connectivity index (χ3v) is 6.03. The fourth-order valence-corrected chi connectivity index (χ4v) is 4.40. The van der Waals surface area contributed by atoms with Gasteiger partial charge in [-0.25, -0.2) is 23.9 Å². The number of rotatable bonds is 5. The Kier molecular flexibility index (Phi) is 6.27. The predicted octanol–water partition coefficient (Wildman–Crippen LogP) is 4.77. The van der Waals surface area contributed by atoms with E-state index in [1.165, 1.54) is 35.2 Å². The Balaban J connectivity index is 1.47. The Morgan fingerprint density at radius 3 is 2.64 bits per heavy atom. The van der Waals surface area contributed by atoms with Crippen molar-refractivity contribution < 1.29 is 42.1 Å². The van der Waals surface area contributed by atoms with Crippen LogP contribution in [0, 0.1) is 5.82 Å². The number of phenolic OH excluding ortho intramolecular Hbond substituents is 1. The van der Waals surface area contributed by atoms with E-state index in [-0.39, 0.29) is 53.5 Å². The number of nitrogens with zero attached hydrogens (tertiary/aromatic N) is 4. The number of alkyl halides is 2.